The van der Waals surface area contributed by atoms with Gasteiger partial charge in [-0.15, -0.1) is 0 Å². The van der Waals surface area contributed by atoms with Crippen molar-refractivity contribution >= 4 is 11.8 Å². The minimum atomic E-state index is 0.0401. The normalized spacial score (nSPS) is 17.9. The highest BCUT2D eigenvalue weighted by atomic mass is 16.2. The summed E-state index contributed by atoms with van der Waals surface area (Å²) in [4.78, 5) is 37.3. The summed E-state index contributed by atoms with van der Waals surface area (Å²) < 4.78 is 0. The zero-order chi connectivity index (χ0) is 20.3. The maximum absolute atomic E-state index is 12.7. The highest BCUT2D eigenvalue weighted by Gasteiger charge is 2.42. The van der Waals surface area contributed by atoms with Crippen LogP contribution in [0.2, 0.25) is 0 Å². The Balaban J connectivity index is 1.33. The van der Waals surface area contributed by atoms with Crippen LogP contribution in [-0.4, -0.2) is 57.8 Å². The number of hydrogen-bond acceptors (Lipinski definition) is 5. The Kier molecular flexibility index (Phi) is 5.26. The first-order valence-corrected chi connectivity index (χ1v) is 9.90. The maximum atomic E-state index is 12.7. The van der Waals surface area contributed by atoms with Crippen LogP contribution in [0.5, 0.6) is 0 Å². The monoisotopic (exact) mass is 389 g/mol. The first-order chi connectivity index (χ1) is 14.1. The smallest absolute Gasteiger partial charge is 0.255 e. The lowest BCUT2D eigenvalue weighted by Crippen LogP contribution is -2.45. The zero-order valence-corrected chi connectivity index (χ0v) is 16.3. The third kappa shape index (κ3) is 4.11. The van der Waals surface area contributed by atoms with Gasteiger partial charge < -0.3 is 9.80 Å². The Morgan fingerprint density at radius 3 is 2.52 bits per heavy atom. The van der Waals surface area contributed by atoms with Gasteiger partial charge in [0.15, 0.2) is 0 Å². The van der Waals surface area contributed by atoms with Crippen LogP contribution in [0.1, 0.15) is 40.7 Å². The fourth-order valence-electron chi connectivity index (χ4n) is 4.35. The van der Waals surface area contributed by atoms with Gasteiger partial charge >= 0.3 is 0 Å². The van der Waals surface area contributed by atoms with Crippen molar-refractivity contribution in [2.75, 3.05) is 26.2 Å². The molecule has 7 heteroatoms. The molecule has 0 bridgehead atoms. The Hall–Kier alpha value is -3.27. The molecule has 2 saturated heterocycles. The van der Waals surface area contributed by atoms with E-state index in [0.29, 0.717) is 24.2 Å². The van der Waals surface area contributed by atoms with Crippen molar-refractivity contribution in [2.45, 2.75) is 25.7 Å². The third-order valence-corrected chi connectivity index (χ3v) is 6.09. The Morgan fingerprint density at radius 2 is 1.83 bits per heavy atom. The van der Waals surface area contributed by atoms with Gasteiger partial charge in [0.05, 0.1) is 17.5 Å². The topological polar surface area (TPSA) is 90.2 Å². The Morgan fingerprint density at radius 1 is 1.07 bits per heavy atom. The van der Waals surface area contributed by atoms with Gasteiger partial charge in [-0.25, -0.2) is 0 Å². The molecule has 2 aliphatic heterocycles. The molecule has 4 heterocycles. The van der Waals surface area contributed by atoms with Crippen LogP contribution in [0.4, 0.5) is 0 Å². The summed E-state index contributed by atoms with van der Waals surface area (Å²) in [6.07, 6.45) is 9.49. The van der Waals surface area contributed by atoms with Crippen molar-refractivity contribution in [2.24, 2.45) is 5.41 Å². The number of piperidine rings is 1. The van der Waals surface area contributed by atoms with Gasteiger partial charge in [0.2, 0.25) is 5.91 Å². The quantitative estimate of drug-likeness (QED) is 0.801. The van der Waals surface area contributed by atoms with Gasteiger partial charge in [-0.2, -0.15) is 5.26 Å². The summed E-state index contributed by atoms with van der Waals surface area (Å²) in [6, 6.07) is 7.36. The molecule has 1 spiro atoms. The van der Waals surface area contributed by atoms with E-state index in [0.717, 1.165) is 37.9 Å². The van der Waals surface area contributed by atoms with Crippen molar-refractivity contribution in [3.05, 3.63) is 59.7 Å². The molecule has 4 rings (SSSR count). The highest BCUT2D eigenvalue weighted by molar-refractivity contribution is 5.94. The van der Waals surface area contributed by atoms with E-state index in [9.17, 15) is 9.59 Å². The average Bonchev–Trinajstić information content (AvgIpc) is 3.18. The number of pyridine rings is 2. The van der Waals surface area contributed by atoms with E-state index in [1.165, 1.54) is 6.20 Å². The van der Waals surface area contributed by atoms with E-state index in [1.807, 2.05) is 9.80 Å². The van der Waals surface area contributed by atoms with Gasteiger partial charge in [-0.1, -0.05) is 0 Å². The van der Waals surface area contributed by atoms with Crippen molar-refractivity contribution in [3.63, 3.8) is 0 Å². The van der Waals surface area contributed by atoms with Gasteiger partial charge in [-0.3, -0.25) is 19.6 Å². The van der Waals surface area contributed by atoms with E-state index < -0.39 is 0 Å². The molecule has 0 aliphatic carbocycles. The van der Waals surface area contributed by atoms with Crippen LogP contribution in [0.15, 0.2) is 43.0 Å². The molecule has 7 nitrogen and oxygen atoms in total. The summed E-state index contributed by atoms with van der Waals surface area (Å²) in [5.74, 6) is 0.108. The van der Waals surface area contributed by atoms with E-state index in [-0.39, 0.29) is 23.7 Å². The standard InChI is InChI=1S/C22H23N5O2/c23-12-18-10-17(13-25-14-18)11-20(28)26-7-3-22(4-8-26)5-9-27(16-22)21(29)19-2-1-6-24-15-19/h1-2,6,10,13-15H,3-5,7-9,11,16H2. The van der Waals surface area contributed by atoms with E-state index in [1.54, 1.807) is 36.8 Å². The Bertz CT molecular complexity index is 945. The lowest BCUT2D eigenvalue weighted by Gasteiger charge is -2.39. The molecule has 0 unspecified atom stereocenters. The van der Waals surface area contributed by atoms with Crippen LogP contribution in [0, 0.1) is 16.7 Å². The van der Waals surface area contributed by atoms with Crippen molar-refractivity contribution in [1.29, 1.82) is 5.26 Å². The van der Waals surface area contributed by atoms with Gasteiger partial charge in [0.1, 0.15) is 6.07 Å². The van der Waals surface area contributed by atoms with E-state index in [4.69, 9.17) is 5.26 Å². The second-order valence-electron chi connectivity index (χ2n) is 7.97. The fourth-order valence-corrected chi connectivity index (χ4v) is 4.35. The number of rotatable bonds is 3. The minimum absolute atomic E-state index is 0.0401. The SMILES string of the molecule is N#Cc1cncc(CC(=O)N2CCC3(CC2)CCN(C(=O)c2cccnc2)C3)c1. The second kappa shape index (κ2) is 8.00. The molecule has 2 aromatic rings. The molecule has 29 heavy (non-hydrogen) atoms. The molecule has 0 atom stereocenters. The van der Waals surface area contributed by atoms with Gasteiger partial charge in [0, 0.05) is 51.0 Å². The lowest BCUT2D eigenvalue weighted by molar-refractivity contribution is -0.132. The molecule has 2 fully saturated rings. The lowest BCUT2D eigenvalue weighted by atomic mass is 9.77. The molecule has 0 aromatic carbocycles. The number of amides is 2. The number of carbonyl (C=O) groups excluding carboxylic acids is 2. The van der Waals surface area contributed by atoms with Crippen LogP contribution >= 0.6 is 0 Å². The van der Waals surface area contributed by atoms with Crippen LogP contribution in [-0.2, 0) is 11.2 Å². The predicted molar refractivity (Wildman–Crippen MR) is 106 cm³/mol. The summed E-state index contributed by atoms with van der Waals surface area (Å²) >= 11 is 0. The third-order valence-electron chi connectivity index (χ3n) is 6.09. The molecule has 2 amide bonds. The predicted octanol–water partition coefficient (Wildman–Crippen LogP) is 2.05. The number of nitriles is 1. The maximum Gasteiger partial charge on any atom is 0.255 e. The van der Waals surface area contributed by atoms with Gasteiger partial charge in [-0.05, 0) is 48.4 Å². The van der Waals surface area contributed by atoms with E-state index >= 15 is 0 Å². The summed E-state index contributed by atoms with van der Waals surface area (Å²) in [5, 5.41) is 8.98. The molecule has 0 radical (unpaired) electrons. The van der Waals surface area contributed by atoms with Crippen LogP contribution < -0.4 is 0 Å². The number of carbonyl (C=O) groups is 2. The molecular weight excluding hydrogens is 366 g/mol. The van der Waals surface area contributed by atoms with Crippen LogP contribution in [0.3, 0.4) is 0 Å². The zero-order valence-electron chi connectivity index (χ0n) is 16.3. The van der Waals surface area contributed by atoms with Gasteiger partial charge in [0.25, 0.3) is 5.91 Å². The summed E-state index contributed by atoms with van der Waals surface area (Å²) in [7, 11) is 0. The molecule has 2 aromatic heterocycles. The van der Waals surface area contributed by atoms with Crippen molar-refractivity contribution in [1.82, 2.24) is 19.8 Å². The minimum Gasteiger partial charge on any atom is -0.342 e. The molecule has 0 N–H and O–H groups in total. The summed E-state index contributed by atoms with van der Waals surface area (Å²) in [5.41, 5.74) is 1.97. The van der Waals surface area contributed by atoms with Crippen LogP contribution in [0.25, 0.3) is 0 Å². The average molecular weight is 389 g/mol. The number of hydrogen-bond donors (Lipinski definition) is 0. The first kappa shape index (κ1) is 19.1. The molecular formula is C22H23N5O2. The highest BCUT2D eigenvalue weighted by Crippen LogP contribution is 2.40. The second-order valence-corrected chi connectivity index (χ2v) is 7.97. The molecule has 0 saturated carbocycles. The molecule has 148 valence electrons. The Labute approximate surface area is 170 Å². The van der Waals surface area contributed by atoms with Crippen molar-refractivity contribution < 1.29 is 9.59 Å². The molecule has 2 aliphatic rings. The van der Waals surface area contributed by atoms with E-state index in [2.05, 4.69) is 16.0 Å². The number of likely N-dealkylation sites (tertiary alicyclic amines) is 2. The first-order valence-electron chi connectivity index (χ1n) is 9.90. The summed E-state index contributed by atoms with van der Waals surface area (Å²) in [6.45, 7) is 2.92. The largest absolute Gasteiger partial charge is 0.342 e. The fraction of sp³-hybridized carbons (Fsp3) is 0.409. The number of aromatic nitrogens is 2. The van der Waals surface area contributed by atoms with Crippen molar-refractivity contribution in [3.8, 4) is 6.07 Å². The number of nitrogens with zero attached hydrogens (tertiary/aromatic N) is 5.